The van der Waals surface area contributed by atoms with Gasteiger partial charge in [0.2, 0.25) is 0 Å². The molecule has 0 aliphatic heterocycles. The molecular formula is C11H24NO7P. The molecule has 120 valence electrons. The molecule has 9 heteroatoms. The molecule has 0 rings (SSSR count). The number of hydrogen-bond acceptors (Lipinski definition) is 8. The van der Waals surface area contributed by atoms with Gasteiger partial charge in [-0.3, -0.25) is 13.9 Å². The molecule has 0 spiro atoms. The topological polar surface area (TPSA) is 106 Å². The fraction of sp³-hybridized carbons (Fsp3) is 0.909. The number of esters is 1. The highest BCUT2D eigenvalue weighted by Crippen LogP contribution is 2.48. The van der Waals surface area contributed by atoms with E-state index in [1.807, 2.05) is 0 Å². The molecule has 0 heterocycles. The van der Waals surface area contributed by atoms with Crippen LogP contribution >= 0.6 is 7.60 Å². The lowest BCUT2D eigenvalue weighted by molar-refractivity contribution is -0.161. The SMILES string of the molecule is CCOP(=O)(CC)OC(C)OCC(CON)OC(C)=O. The normalized spacial score (nSPS) is 17.2. The average molecular weight is 313 g/mol. The Labute approximate surface area is 119 Å². The summed E-state index contributed by atoms with van der Waals surface area (Å²) in [5.74, 6) is 4.46. The van der Waals surface area contributed by atoms with E-state index in [9.17, 15) is 9.36 Å². The van der Waals surface area contributed by atoms with Gasteiger partial charge in [-0.15, -0.1) is 0 Å². The summed E-state index contributed by atoms with van der Waals surface area (Å²) in [4.78, 5) is 15.3. The maximum atomic E-state index is 12.1. The molecule has 0 fully saturated rings. The zero-order valence-corrected chi connectivity index (χ0v) is 13.3. The van der Waals surface area contributed by atoms with Crippen LogP contribution in [0.15, 0.2) is 0 Å². The third kappa shape index (κ3) is 8.63. The number of ether oxygens (including phenoxy) is 2. The maximum absolute atomic E-state index is 12.1. The highest BCUT2D eigenvalue weighted by Gasteiger charge is 2.25. The monoisotopic (exact) mass is 313 g/mol. The number of rotatable bonds is 11. The highest BCUT2D eigenvalue weighted by molar-refractivity contribution is 7.53. The summed E-state index contributed by atoms with van der Waals surface area (Å²) in [7, 11) is -3.15. The molecule has 2 N–H and O–H groups in total. The van der Waals surface area contributed by atoms with Gasteiger partial charge in [-0.05, 0) is 13.8 Å². The van der Waals surface area contributed by atoms with Crippen LogP contribution in [0.5, 0.6) is 0 Å². The molecule has 0 aliphatic carbocycles. The number of carbonyl (C=O) groups is 1. The molecular weight excluding hydrogens is 289 g/mol. The van der Waals surface area contributed by atoms with Crippen LogP contribution in [0.4, 0.5) is 0 Å². The molecule has 0 saturated carbocycles. The third-order valence-corrected chi connectivity index (χ3v) is 4.20. The Morgan fingerprint density at radius 3 is 2.40 bits per heavy atom. The Morgan fingerprint density at radius 1 is 1.30 bits per heavy atom. The van der Waals surface area contributed by atoms with Gasteiger partial charge in [0.05, 0.1) is 13.2 Å². The van der Waals surface area contributed by atoms with Gasteiger partial charge in [-0.1, -0.05) is 6.92 Å². The van der Waals surface area contributed by atoms with Gasteiger partial charge in [0.25, 0.3) is 0 Å². The Balaban J connectivity index is 4.26. The van der Waals surface area contributed by atoms with Crippen molar-refractivity contribution in [1.29, 1.82) is 0 Å². The van der Waals surface area contributed by atoms with Crippen LogP contribution in [0.1, 0.15) is 27.7 Å². The van der Waals surface area contributed by atoms with Crippen molar-refractivity contribution in [3.63, 3.8) is 0 Å². The lowest BCUT2D eigenvalue weighted by atomic mass is 10.4. The van der Waals surface area contributed by atoms with Crippen molar-refractivity contribution < 1.29 is 32.7 Å². The predicted molar refractivity (Wildman–Crippen MR) is 72.0 cm³/mol. The smallest absolute Gasteiger partial charge is 0.332 e. The van der Waals surface area contributed by atoms with Crippen LogP contribution in [0.2, 0.25) is 0 Å². The molecule has 0 aromatic carbocycles. The van der Waals surface area contributed by atoms with Crippen molar-refractivity contribution >= 4 is 13.6 Å². The van der Waals surface area contributed by atoms with Crippen molar-refractivity contribution in [2.45, 2.75) is 40.1 Å². The quantitative estimate of drug-likeness (QED) is 0.264. The first-order chi connectivity index (χ1) is 9.36. The molecule has 20 heavy (non-hydrogen) atoms. The van der Waals surface area contributed by atoms with Gasteiger partial charge >= 0.3 is 13.6 Å². The highest BCUT2D eigenvalue weighted by atomic mass is 31.2. The Hall–Kier alpha value is -0.500. The zero-order valence-electron chi connectivity index (χ0n) is 12.4. The van der Waals surface area contributed by atoms with Gasteiger partial charge in [0.15, 0.2) is 12.4 Å². The molecule has 0 saturated heterocycles. The number of carbonyl (C=O) groups excluding carboxylic acids is 1. The molecule has 0 radical (unpaired) electrons. The molecule has 0 aromatic heterocycles. The van der Waals surface area contributed by atoms with Crippen molar-refractivity contribution in [2.75, 3.05) is 26.0 Å². The summed E-state index contributed by atoms with van der Waals surface area (Å²) in [5.41, 5.74) is 0. The van der Waals surface area contributed by atoms with Gasteiger partial charge in [0, 0.05) is 13.1 Å². The van der Waals surface area contributed by atoms with Gasteiger partial charge in [-0.2, -0.15) is 0 Å². The number of hydrogen-bond donors (Lipinski definition) is 1. The lowest BCUT2D eigenvalue weighted by Crippen LogP contribution is -2.31. The van der Waals surface area contributed by atoms with Crippen molar-refractivity contribution in [3.05, 3.63) is 0 Å². The standard InChI is InChI=1S/C11H24NO7P/c1-5-17-20(14,6-2)19-10(4)15-7-11(8-16-12)18-9(3)13/h10-11H,5-8,12H2,1-4H3. The zero-order chi connectivity index (χ0) is 15.6. The predicted octanol–water partition coefficient (Wildman–Crippen LogP) is 1.44. The second-order valence-electron chi connectivity index (χ2n) is 3.92. The van der Waals surface area contributed by atoms with E-state index >= 15 is 0 Å². The van der Waals surface area contributed by atoms with Crippen LogP contribution in [0.3, 0.4) is 0 Å². The summed E-state index contributed by atoms with van der Waals surface area (Å²) in [6, 6.07) is 0. The fourth-order valence-corrected chi connectivity index (χ4v) is 2.65. The van der Waals surface area contributed by atoms with Gasteiger partial charge < -0.3 is 18.8 Å². The summed E-state index contributed by atoms with van der Waals surface area (Å²) in [6.07, 6.45) is -1.19. The van der Waals surface area contributed by atoms with Crippen molar-refractivity contribution in [2.24, 2.45) is 5.90 Å². The minimum atomic E-state index is -3.15. The molecule has 0 bridgehead atoms. The molecule has 0 amide bonds. The van der Waals surface area contributed by atoms with Crippen LogP contribution in [-0.2, 0) is 32.7 Å². The van der Waals surface area contributed by atoms with Crippen LogP contribution in [0, 0.1) is 0 Å². The largest absolute Gasteiger partial charge is 0.458 e. The van der Waals surface area contributed by atoms with E-state index in [4.69, 9.17) is 24.4 Å². The van der Waals surface area contributed by atoms with Crippen LogP contribution < -0.4 is 5.90 Å². The van der Waals surface area contributed by atoms with E-state index in [0.29, 0.717) is 0 Å². The van der Waals surface area contributed by atoms with E-state index in [0.717, 1.165) is 0 Å². The maximum Gasteiger partial charge on any atom is 0.332 e. The second-order valence-corrected chi connectivity index (χ2v) is 6.24. The van der Waals surface area contributed by atoms with Gasteiger partial charge in [0.1, 0.15) is 6.61 Å². The van der Waals surface area contributed by atoms with E-state index in [1.54, 1.807) is 20.8 Å². The third-order valence-electron chi connectivity index (χ3n) is 2.15. The summed E-state index contributed by atoms with van der Waals surface area (Å²) in [6.45, 7) is 6.56. The Bertz CT molecular complexity index is 326. The first-order valence-corrected chi connectivity index (χ1v) is 8.12. The van der Waals surface area contributed by atoms with E-state index in [-0.39, 0.29) is 26.0 Å². The molecule has 0 aliphatic rings. The van der Waals surface area contributed by atoms with Crippen LogP contribution in [-0.4, -0.2) is 44.3 Å². The second kappa shape index (κ2) is 10.3. The summed E-state index contributed by atoms with van der Waals surface area (Å²) < 4.78 is 32.7. The average Bonchev–Trinajstić information content (AvgIpc) is 2.36. The van der Waals surface area contributed by atoms with Crippen LogP contribution in [0.25, 0.3) is 0 Å². The molecule has 3 atom stereocenters. The summed E-state index contributed by atoms with van der Waals surface area (Å²) >= 11 is 0. The number of nitrogens with two attached hydrogens (primary N) is 1. The molecule has 8 nitrogen and oxygen atoms in total. The molecule has 0 aromatic rings. The molecule has 3 unspecified atom stereocenters. The minimum Gasteiger partial charge on any atom is -0.458 e. The lowest BCUT2D eigenvalue weighted by Gasteiger charge is -2.23. The first kappa shape index (κ1) is 19.5. The minimum absolute atomic E-state index is 0.00772. The summed E-state index contributed by atoms with van der Waals surface area (Å²) in [5, 5.41) is 0. The van der Waals surface area contributed by atoms with Gasteiger partial charge in [-0.25, -0.2) is 5.90 Å². The first-order valence-electron chi connectivity index (χ1n) is 6.39. The van der Waals surface area contributed by atoms with Crippen molar-refractivity contribution in [3.8, 4) is 0 Å². The van der Waals surface area contributed by atoms with E-state index < -0.39 is 26.0 Å². The fourth-order valence-electron chi connectivity index (χ4n) is 1.35. The van der Waals surface area contributed by atoms with Crippen molar-refractivity contribution in [1.82, 2.24) is 0 Å². The Kier molecular flexibility index (Phi) is 10.0. The van der Waals surface area contributed by atoms with E-state index in [1.165, 1.54) is 6.92 Å². The van der Waals surface area contributed by atoms with E-state index in [2.05, 4.69) is 4.84 Å². The Morgan fingerprint density at radius 2 is 1.95 bits per heavy atom.